The van der Waals surface area contributed by atoms with Gasteiger partial charge < -0.3 is 16.0 Å². The number of nitrogens with two attached hydrogens (primary N) is 1. The molecule has 2 rings (SSSR count). The molecule has 0 heterocycles. The Labute approximate surface area is 142 Å². The number of hydrogen-bond donors (Lipinski definition) is 2. The largest absolute Gasteiger partial charge is 0.352 e. The average Bonchev–Trinajstić information content (AvgIpc) is 2.61. The predicted octanol–water partition coefficient (Wildman–Crippen LogP) is 3.01. The lowest BCUT2D eigenvalue weighted by Crippen LogP contribution is -2.37. The van der Waals surface area contributed by atoms with Crippen LogP contribution in [0.15, 0.2) is 60.7 Å². The maximum atomic E-state index is 12.7. The molecule has 3 N–H and O–H groups in total. The van der Waals surface area contributed by atoms with Crippen molar-refractivity contribution >= 4 is 11.9 Å². The smallest absolute Gasteiger partial charge is 0.312 e. The highest BCUT2D eigenvalue weighted by Crippen LogP contribution is 2.22. The summed E-state index contributed by atoms with van der Waals surface area (Å²) in [6, 6.07) is 18.0. The van der Waals surface area contributed by atoms with E-state index in [1.807, 2.05) is 67.6 Å². The number of hydrogen-bond acceptors (Lipinski definition) is 2. The first-order valence-corrected chi connectivity index (χ1v) is 7.90. The van der Waals surface area contributed by atoms with Gasteiger partial charge in [-0.1, -0.05) is 60.7 Å². The summed E-state index contributed by atoms with van der Waals surface area (Å²) in [5.41, 5.74) is 7.17. The van der Waals surface area contributed by atoms with E-state index in [9.17, 15) is 9.59 Å². The van der Waals surface area contributed by atoms with E-state index in [1.54, 1.807) is 11.9 Å². The molecule has 0 aromatic heterocycles. The zero-order valence-electron chi connectivity index (χ0n) is 14.0. The number of carbonyl (C=O) groups is 2. The topological polar surface area (TPSA) is 75.4 Å². The molecule has 0 radical (unpaired) electrons. The normalized spacial score (nSPS) is 12.9. The highest BCUT2D eigenvalue weighted by molar-refractivity contribution is 5.79. The van der Waals surface area contributed by atoms with Gasteiger partial charge in [0.2, 0.25) is 5.91 Å². The molecule has 0 aliphatic carbocycles. The molecule has 2 aromatic carbocycles. The van der Waals surface area contributed by atoms with E-state index in [-0.39, 0.29) is 18.4 Å². The maximum Gasteiger partial charge on any atom is 0.312 e. The molecule has 0 spiro atoms. The Morgan fingerprint density at radius 1 is 1.00 bits per heavy atom. The first-order chi connectivity index (χ1) is 11.5. The van der Waals surface area contributed by atoms with Crippen LogP contribution in [0.2, 0.25) is 0 Å². The zero-order chi connectivity index (χ0) is 17.5. The van der Waals surface area contributed by atoms with Gasteiger partial charge in [0, 0.05) is 7.05 Å². The molecular formula is C19H23N3O2. The van der Waals surface area contributed by atoms with E-state index >= 15 is 0 Å². The van der Waals surface area contributed by atoms with E-state index < -0.39 is 12.1 Å². The summed E-state index contributed by atoms with van der Waals surface area (Å²) in [5, 5.41) is 2.65. The molecular weight excluding hydrogens is 302 g/mol. The average molecular weight is 325 g/mol. The summed E-state index contributed by atoms with van der Waals surface area (Å²) in [4.78, 5) is 25.6. The molecule has 0 unspecified atom stereocenters. The molecule has 3 amide bonds. The summed E-state index contributed by atoms with van der Waals surface area (Å²) in [6.07, 6.45) is 0.153. The number of amides is 3. The van der Waals surface area contributed by atoms with Crippen molar-refractivity contribution in [1.82, 2.24) is 10.2 Å². The van der Waals surface area contributed by atoms with Gasteiger partial charge in [-0.3, -0.25) is 4.79 Å². The van der Waals surface area contributed by atoms with Gasteiger partial charge in [-0.15, -0.1) is 0 Å². The van der Waals surface area contributed by atoms with Crippen molar-refractivity contribution in [2.24, 2.45) is 5.73 Å². The third kappa shape index (κ3) is 4.59. The third-order valence-electron chi connectivity index (χ3n) is 4.15. The molecule has 0 saturated heterocycles. The number of nitrogens with one attached hydrogen (secondary N) is 1. The number of primary amides is 1. The number of benzene rings is 2. The summed E-state index contributed by atoms with van der Waals surface area (Å²) in [6.45, 7) is 1.98. The number of nitrogens with zero attached hydrogens (tertiary/aromatic N) is 1. The Morgan fingerprint density at radius 3 is 2.00 bits per heavy atom. The van der Waals surface area contributed by atoms with Crippen LogP contribution in [0.1, 0.15) is 36.6 Å². The standard InChI is InChI=1S/C19H23N3O2/c1-14(15-9-5-3-6-10-15)22(2)18(23)13-17(21-19(20)24)16-11-7-4-8-12-16/h3-12,14,17H,13H2,1-2H3,(H3,20,21,24)/t14-,17-/m0/s1. The molecule has 5 nitrogen and oxygen atoms in total. The number of urea groups is 1. The molecule has 0 saturated carbocycles. The zero-order valence-corrected chi connectivity index (χ0v) is 14.0. The highest BCUT2D eigenvalue weighted by atomic mass is 16.2. The van der Waals surface area contributed by atoms with Crippen LogP contribution in [-0.4, -0.2) is 23.9 Å². The Bertz CT molecular complexity index is 674. The van der Waals surface area contributed by atoms with Crippen molar-refractivity contribution in [3.63, 3.8) is 0 Å². The Kier molecular flexibility index (Phi) is 5.95. The fraction of sp³-hybridized carbons (Fsp3) is 0.263. The number of rotatable bonds is 6. The van der Waals surface area contributed by atoms with Crippen LogP contribution in [-0.2, 0) is 4.79 Å². The lowest BCUT2D eigenvalue weighted by Gasteiger charge is -2.27. The number of carbonyl (C=O) groups excluding carboxylic acids is 2. The molecule has 0 bridgehead atoms. The highest BCUT2D eigenvalue weighted by Gasteiger charge is 2.22. The van der Waals surface area contributed by atoms with Gasteiger partial charge in [0.1, 0.15) is 0 Å². The quantitative estimate of drug-likeness (QED) is 0.856. The second-order valence-corrected chi connectivity index (χ2v) is 5.77. The fourth-order valence-electron chi connectivity index (χ4n) is 2.60. The molecule has 5 heteroatoms. The third-order valence-corrected chi connectivity index (χ3v) is 4.15. The molecule has 24 heavy (non-hydrogen) atoms. The van der Waals surface area contributed by atoms with Crippen LogP contribution in [0.3, 0.4) is 0 Å². The summed E-state index contributed by atoms with van der Waals surface area (Å²) in [7, 11) is 1.77. The van der Waals surface area contributed by atoms with Gasteiger partial charge in [0.05, 0.1) is 18.5 Å². The lowest BCUT2D eigenvalue weighted by atomic mass is 10.0. The molecule has 0 aliphatic rings. The predicted molar refractivity (Wildman–Crippen MR) is 94.1 cm³/mol. The second kappa shape index (κ2) is 8.15. The molecule has 0 aliphatic heterocycles. The Morgan fingerprint density at radius 2 is 1.50 bits per heavy atom. The molecule has 0 fully saturated rings. The van der Waals surface area contributed by atoms with Crippen molar-refractivity contribution in [3.8, 4) is 0 Å². The van der Waals surface area contributed by atoms with Crippen LogP contribution in [0.25, 0.3) is 0 Å². The van der Waals surface area contributed by atoms with Crippen molar-refractivity contribution in [2.75, 3.05) is 7.05 Å². The van der Waals surface area contributed by atoms with Crippen LogP contribution in [0.5, 0.6) is 0 Å². The summed E-state index contributed by atoms with van der Waals surface area (Å²) in [5.74, 6) is -0.0612. The van der Waals surface area contributed by atoms with Crippen LogP contribution >= 0.6 is 0 Å². The summed E-state index contributed by atoms with van der Waals surface area (Å²) >= 11 is 0. The van der Waals surface area contributed by atoms with Crippen molar-refractivity contribution < 1.29 is 9.59 Å². The van der Waals surface area contributed by atoms with Gasteiger partial charge in [0.25, 0.3) is 0 Å². The van der Waals surface area contributed by atoms with Gasteiger partial charge in [0.15, 0.2) is 0 Å². The van der Waals surface area contributed by atoms with E-state index in [1.165, 1.54) is 0 Å². The van der Waals surface area contributed by atoms with Crippen molar-refractivity contribution in [3.05, 3.63) is 71.8 Å². The second-order valence-electron chi connectivity index (χ2n) is 5.77. The van der Waals surface area contributed by atoms with Gasteiger partial charge >= 0.3 is 6.03 Å². The molecule has 2 aromatic rings. The monoisotopic (exact) mass is 325 g/mol. The fourth-order valence-corrected chi connectivity index (χ4v) is 2.60. The van der Waals surface area contributed by atoms with Crippen molar-refractivity contribution in [2.45, 2.75) is 25.4 Å². The van der Waals surface area contributed by atoms with Crippen LogP contribution in [0.4, 0.5) is 4.79 Å². The van der Waals surface area contributed by atoms with E-state index in [2.05, 4.69) is 5.32 Å². The minimum atomic E-state index is -0.643. The Hall–Kier alpha value is -2.82. The van der Waals surface area contributed by atoms with Gasteiger partial charge in [-0.05, 0) is 18.1 Å². The summed E-state index contributed by atoms with van der Waals surface area (Å²) < 4.78 is 0. The van der Waals surface area contributed by atoms with Crippen LogP contribution < -0.4 is 11.1 Å². The van der Waals surface area contributed by atoms with Crippen LogP contribution in [0, 0.1) is 0 Å². The molecule has 126 valence electrons. The maximum absolute atomic E-state index is 12.7. The first-order valence-electron chi connectivity index (χ1n) is 7.90. The van der Waals surface area contributed by atoms with E-state index in [4.69, 9.17) is 5.73 Å². The van der Waals surface area contributed by atoms with Crippen molar-refractivity contribution in [1.29, 1.82) is 0 Å². The lowest BCUT2D eigenvalue weighted by molar-refractivity contribution is -0.132. The molecule has 2 atom stereocenters. The minimum absolute atomic E-state index is 0.0521. The van der Waals surface area contributed by atoms with E-state index in [0.717, 1.165) is 11.1 Å². The Balaban J connectivity index is 2.10. The van der Waals surface area contributed by atoms with Gasteiger partial charge in [-0.2, -0.15) is 0 Å². The minimum Gasteiger partial charge on any atom is -0.352 e. The SMILES string of the molecule is C[C@@H](c1ccccc1)N(C)C(=O)C[C@H](NC(N)=O)c1ccccc1. The van der Waals surface area contributed by atoms with E-state index in [0.29, 0.717) is 0 Å². The van der Waals surface area contributed by atoms with Gasteiger partial charge in [-0.25, -0.2) is 4.79 Å². The first kappa shape index (κ1) is 17.5.